The first kappa shape index (κ1) is 17.0. The second kappa shape index (κ2) is 7.04. The van der Waals surface area contributed by atoms with Gasteiger partial charge in [0.15, 0.2) is 0 Å². The van der Waals surface area contributed by atoms with Crippen molar-refractivity contribution in [3.05, 3.63) is 106 Å². The van der Waals surface area contributed by atoms with Crippen LogP contribution in [0.5, 0.6) is 0 Å². The molecular weight excluding hydrogens is 332 g/mol. The van der Waals surface area contributed by atoms with Crippen molar-refractivity contribution in [3.8, 4) is 5.69 Å². The van der Waals surface area contributed by atoms with Crippen LogP contribution in [-0.2, 0) is 0 Å². The number of nitrogens with zero attached hydrogens (tertiary/aromatic N) is 2. The second-order valence-corrected chi connectivity index (χ2v) is 6.65. The molecule has 0 N–H and O–H groups in total. The topological polar surface area (TPSA) is 34.9 Å². The Bertz CT molecular complexity index is 1200. The van der Waals surface area contributed by atoms with Crippen LogP contribution >= 0.6 is 0 Å². The fourth-order valence-corrected chi connectivity index (χ4v) is 3.14. The number of rotatable bonds is 3. The average molecular weight is 352 g/mol. The molecule has 0 radical (unpaired) electrons. The van der Waals surface area contributed by atoms with Gasteiger partial charge in [-0.3, -0.25) is 9.36 Å². The fraction of sp³-hybridized carbons (Fsp3) is 0.0833. The molecule has 0 aliphatic heterocycles. The van der Waals surface area contributed by atoms with Crippen LogP contribution in [0.4, 0.5) is 0 Å². The predicted octanol–water partition coefficient (Wildman–Crippen LogP) is 5.17. The van der Waals surface area contributed by atoms with Gasteiger partial charge in [0.25, 0.3) is 5.56 Å². The third-order valence-electron chi connectivity index (χ3n) is 4.69. The van der Waals surface area contributed by atoms with Crippen LogP contribution in [0.25, 0.3) is 28.7 Å². The molecule has 0 bridgehead atoms. The Morgan fingerprint density at radius 2 is 1.52 bits per heavy atom. The van der Waals surface area contributed by atoms with E-state index in [1.54, 1.807) is 4.57 Å². The molecule has 0 spiro atoms. The normalized spacial score (nSPS) is 11.3. The van der Waals surface area contributed by atoms with E-state index in [0.717, 1.165) is 16.8 Å². The fourth-order valence-electron chi connectivity index (χ4n) is 3.14. The Balaban J connectivity index is 1.95. The molecule has 3 heteroatoms. The number of hydrogen-bond donors (Lipinski definition) is 0. The Morgan fingerprint density at radius 1 is 0.815 bits per heavy atom. The van der Waals surface area contributed by atoms with Crippen LogP contribution in [0.3, 0.4) is 0 Å². The van der Waals surface area contributed by atoms with Crippen molar-refractivity contribution < 1.29 is 0 Å². The molecular formula is C24H20N2O. The van der Waals surface area contributed by atoms with Crippen molar-refractivity contribution in [2.24, 2.45) is 0 Å². The lowest BCUT2D eigenvalue weighted by atomic mass is 10.1. The van der Waals surface area contributed by atoms with Gasteiger partial charge in [0.2, 0.25) is 0 Å². The van der Waals surface area contributed by atoms with E-state index in [2.05, 4.69) is 19.1 Å². The van der Waals surface area contributed by atoms with Gasteiger partial charge < -0.3 is 0 Å². The highest BCUT2D eigenvalue weighted by atomic mass is 16.1. The minimum atomic E-state index is -0.0612. The van der Waals surface area contributed by atoms with E-state index >= 15 is 0 Å². The SMILES string of the molecule is Cc1ccc(-n2c(C=Cc3ccccc3C)nc3ccccc3c2=O)cc1. The molecule has 0 aliphatic carbocycles. The van der Waals surface area contributed by atoms with Gasteiger partial charge in [-0.15, -0.1) is 0 Å². The van der Waals surface area contributed by atoms with E-state index in [0.29, 0.717) is 16.7 Å². The lowest BCUT2D eigenvalue weighted by molar-refractivity contribution is 0.943. The summed E-state index contributed by atoms with van der Waals surface area (Å²) in [5.41, 5.74) is 4.89. The largest absolute Gasteiger partial charge is 0.268 e. The van der Waals surface area contributed by atoms with Gasteiger partial charge >= 0.3 is 0 Å². The second-order valence-electron chi connectivity index (χ2n) is 6.65. The lowest BCUT2D eigenvalue weighted by Crippen LogP contribution is -2.22. The lowest BCUT2D eigenvalue weighted by Gasteiger charge is -2.12. The summed E-state index contributed by atoms with van der Waals surface area (Å²) < 4.78 is 1.68. The molecule has 0 aliphatic rings. The molecule has 4 rings (SSSR count). The van der Waals surface area contributed by atoms with Crippen molar-refractivity contribution in [1.82, 2.24) is 9.55 Å². The minimum Gasteiger partial charge on any atom is -0.268 e. The highest BCUT2D eigenvalue weighted by Gasteiger charge is 2.10. The maximum Gasteiger partial charge on any atom is 0.266 e. The highest BCUT2D eigenvalue weighted by Crippen LogP contribution is 2.17. The summed E-state index contributed by atoms with van der Waals surface area (Å²) in [6.45, 7) is 4.10. The van der Waals surface area contributed by atoms with E-state index in [9.17, 15) is 4.79 Å². The zero-order chi connectivity index (χ0) is 18.8. The van der Waals surface area contributed by atoms with Crippen LogP contribution in [-0.4, -0.2) is 9.55 Å². The van der Waals surface area contributed by atoms with Gasteiger partial charge in [0.05, 0.1) is 16.6 Å². The summed E-state index contributed by atoms with van der Waals surface area (Å²) >= 11 is 0. The standard InChI is InChI=1S/C24H20N2O/c1-17-11-14-20(15-12-17)26-23(16-13-19-8-4-3-7-18(19)2)25-22-10-6-5-9-21(22)24(26)27/h3-16H,1-2H3. The molecule has 0 fully saturated rings. The van der Waals surface area contributed by atoms with Gasteiger partial charge in [0.1, 0.15) is 5.82 Å². The summed E-state index contributed by atoms with van der Waals surface area (Å²) in [6.07, 6.45) is 3.92. The molecule has 1 aromatic heterocycles. The third-order valence-corrected chi connectivity index (χ3v) is 4.69. The predicted molar refractivity (Wildman–Crippen MR) is 112 cm³/mol. The van der Waals surface area contributed by atoms with Crippen molar-refractivity contribution in [1.29, 1.82) is 0 Å². The van der Waals surface area contributed by atoms with Crippen LogP contribution < -0.4 is 5.56 Å². The minimum absolute atomic E-state index is 0.0612. The number of benzene rings is 3. The van der Waals surface area contributed by atoms with Gasteiger partial charge in [-0.05, 0) is 55.3 Å². The zero-order valence-electron chi connectivity index (χ0n) is 15.4. The number of fused-ring (bicyclic) bond motifs is 1. The van der Waals surface area contributed by atoms with Crippen LogP contribution in [0.15, 0.2) is 77.6 Å². The summed E-state index contributed by atoms with van der Waals surface area (Å²) in [7, 11) is 0. The zero-order valence-corrected chi connectivity index (χ0v) is 15.4. The number of aromatic nitrogens is 2. The molecule has 0 atom stereocenters. The Kier molecular flexibility index (Phi) is 4.43. The summed E-state index contributed by atoms with van der Waals surface area (Å²) in [5, 5.41) is 0.617. The molecule has 132 valence electrons. The quantitative estimate of drug-likeness (QED) is 0.510. The van der Waals surface area contributed by atoms with E-state index < -0.39 is 0 Å². The molecule has 3 nitrogen and oxygen atoms in total. The van der Waals surface area contributed by atoms with Crippen molar-refractivity contribution >= 4 is 23.1 Å². The van der Waals surface area contributed by atoms with Gasteiger partial charge in [-0.25, -0.2) is 4.98 Å². The van der Waals surface area contributed by atoms with E-state index in [1.165, 1.54) is 5.56 Å². The molecule has 0 amide bonds. The Labute approximate surface area is 158 Å². The maximum atomic E-state index is 13.2. The number of hydrogen-bond acceptors (Lipinski definition) is 2. The van der Waals surface area contributed by atoms with E-state index in [-0.39, 0.29) is 5.56 Å². The van der Waals surface area contributed by atoms with Crippen molar-refractivity contribution in [2.45, 2.75) is 13.8 Å². The summed E-state index contributed by atoms with van der Waals surface area (Å²) in [4.78, 5) is 18.0. The summed E-state index contributed by atoms with van der Waals surface area (Å²) in [5.74, 6) is 0.616. The van der Waals surface area contributed by atoms with Crippen molar-refractivity contribution in [3.63, 3.8) is 0 Å². The Hall–Kier alpha value is -3.46. The molecule has 3 aromatic carbocycles. The smallest absolute Gasteiger partial charge is 0.266 e. The van der Waals surface area contributed by atoms with Crippen LogP contribution in [0.1, 0.15) is 22.5 Å². The number of aryl methyl sites for hydroxylation is 2. The van der Waals surface area contributed by atoms with Crippen LogP contribution in [0, 0.1) is 13.8 Å². The van der Waals surface area contributed by atoms with Gasteiger partial charge in [-0.2, -0.15) is 0 Å². The molecule has 1 heterocycles. The van der Waals surface area contributed by atoms with E-state index in [4.69, 9.17) is 4.98 Å². The average Bonchev–Trinajstić information content (AvgIpc) is 2.69. The van der Waals surface area contributed by atoms with Crippen LogP contribution in [0.2, 0.25) is 0 Å². The van der Waals surface area contributed by atoms with Crippen molar-refractivity contribution in [2.75, 3.05) is 0 Å². The molecule has 4 aromatic rings. The molecule has 0 saturated carbocycles. The number of para-hydroxylation sites is 1. The molecule has 0 unspecified atom stereocenters. The first-order chi connectivity index (χ1) is 13.1. The third kappa shape index (κ3) is 3.32. The molecule has 0 saturated heterocycles. The maximum absolute atomic E-state index is 13.2. The van der Waals surface area contributed by atoms with Gasteiger partial charge in [-0.1, -0.05) is 60.2 Å². The van der Waals surface area contributed by atoms with E-state index in [1.807, 2.05) is 79.7 Å². The molecule has 27 heavy (non-hydrogen) atoms. The highest BCUT2D eigenvalue weighted by molar-refractivity contribution is 5.80. The first-order valence-electron chi connectivity index (χ1n) is 8.96. The van der Waals surface area contributed by atoms with Gasteiger partial charge in [0, 0.05) is 0 Å². The summed E-state index contributed by atoms with van der Waals surface area (Å²) in [6, 6.07) is 23.5. The monoisotopic (exact) mass is 352 g/mol. The Morgan fingerprint density at radius 3 is 2.30 bits per heavy atom. The first-order valence-corrected chi connectivity index (χ1v) is 8.96.